The highest BCUT2D eigenvalue weighted by atomic mass is 16.4. The maximum absolute atomic E-state index is 11.1. The van der Waals surface area contributed by atoms with Gasteiger partial charge in [0.15, 0.2) is 5.69 Å². The maximum atomic E-state index is 11.1. The summed E-state index contributed by atoms with van der Waals surface area (Å²) in [5, 5.41) is 11.2. The summed E-state index contributed by atoms with van der Waals surface area (Å²) < 4.78 is 0. The molecule has 2 heterocycles. The molecule has 4 nitrogen and oxygen atoms in total. The van der Waals surface area contributed by atoms with Gasteiger partial charge in [-0.15, -0.1) is 0 Å². The number of hydrogen-bond acceptors (Lipinski definition) is 2. The third-order valence-corrected chi connectivity index (χ3v) is 3.32. The average molecular weight is 240 g/mol. The first-order valence-electron chi connectivity index (χ1n) is 5.69. The Morgan fingerprint density at radius 2 is 2.00 bits per heavy atom. The van der Waals surface area contributed by atoms with Crippen LogP contribution in [0.25, 0.3) is 21.8 Å². The third kappa shape index (κ3) is 1.32. The number of nitrogens with one attached hydrogen (secondary N) is 1. The van der Waals surface area contributed by atoms with E-state index in [2.05, 4.69) is 9.97 Å². The van der Waals surface area contributed by atoms with Gasteiger partial charge in [-0.1, -0.05) is 12.1 Å². The van der Waals surface area contributed by atoms with Crippen molar-refractivity contribution in [2.45, 2.75) is 13.8 Å². The first-order valence-corrected chi connectivity index (χ1v) is 5.69. The van der Waals surface area contributed by atoms with E-state index in [1.54, 1.807) is 13.1 Å². The molecule has 0 aliphatic rings. The van der Waals surface area contributed by atoms with Crippen LogP contribution in [-0.4, -0.2) is 21.0 Å². The monoisotopic (exact) mass is 240 g/mol. The minimum absolute atomic E-state index is 0.117. The lowest BCUT2D eigenvalue weighted by Crippen LogP contribution is -2.03. The molecule has 0 aliphatic heterocycles. The van der Waals surface area contributed by atoms with Gasteiger partial charge in [0, 0.05) is 16.3 Å². The van der Waals surface area contributed by atoms with E-state index in [9.17, 15) is 4.79 Å². The summed E-state index contributed by atoms with van der Waals surface area (Å²) in [6.07, 6.45) is 1.59. The van der Waals surface area contributed by atoms with Crippen molar-refractivity contribution in [3.8, 4) is 0 Å². The number of aromatic carboxylic acids is 1. The zero-order valence-electron chi connectivity index (χ0n) is 10.1. The van der Waals surface area contributed by atoms with Crippen LogP contribution in [0, 0.1) is 13.8 Å². The van der Waals surface area contributed by atoms with E-state index < -0.39 is 5.97 Å². The summed E-state index contributed by atoms with van der Waals surface area (Å²) in [6.45, 7) is 3.83. The molecule has 0 bridgehead atoms. The minimum Gasteiger partial charge on any atom is -0.477 e. The Morgan fingerprint density at radius 3 is 2.72 bits per heavy atom. The zero-order chi connectivity index (χ0) is 12.9. The topological polar surface area (TPSA) is 66.0 Å². The number of aromatic nitrogens is 2. The smallest absolute Gasteiger partial charge is 0.354 e. The maximum Gasteiger partial charge on any atom is 0.354 e. The lowest BCUT2D eigenvalue weighted by Gasteiger charge is -2.03. The van der Waals surface area contributed by atoms with Gasteiger partial charge in [-0.25, -0.2) is 9.78 Å². The Labute approximate surface area is 103 Å². The number of carboxylic acids is 1. The Morgan fingerprint density at radius 1 is 1.22 bits per heavy atom. The van der Waals surface area contributed by atoms with Crippen LogP contribution in [0.2, 0.25) is 0 Å². The molecular weight excluding hydrogens is 228 g/mol. The van der Waals surface area contributed by atoms with E-state index in [1.807, 2.05) is 25.1 Å². The number of H-pyrrole nitrogens is 1. The quantitative estimate of drug-likeness (QED) is 0.687. The number of carboxylic acid groups (broad SMARTS) is 1. The number of pyridine rings is 1. The van der Waals surface area contributed by atoms with Gasteiger partial charge in [0.2, 0.25) is 0 Å². The first kappa shape index (κ1) is 10.8. The van der Waals surface area contributed by atoms with Crippen LogP contribution in [0.5, 0.6) is 0 Å². The molecule has 0 aliphatic carbocycles. The van der Waals surface area contributed by atoms with Gasteiger partial charge in [-0.05, 0) is 31.0 Å². The third-order valence-electron chi connectivity index (χ3n) is 3.32. The summed E-state index contributed by atoms with van der Waals surface area (Å²) >= 11 is 0. The predicted molar refractivity (Wildman–Crippen MR) is 70.0 cm³/mol. The fraction of sp³-hybridized carbons (Fsp3) is 0.143. The highest BCUT2D eigenvalue weighted by Crippen LogP contribution is 2.31. The van der Waals surface area contributed by atoms with Crippen molar-refractivity contribution in [3.63, 3.8) is 0 Å². The van der Waals surface area contributed by atoms with E-state index in [4.69, 9.17) is 5.11 Å². The van der Waals surface area contributed by atoms with Gasteiger partial charge in [0.05, 0.1) is 11.7 Å². The summed E-state index contributed by atoms with van der Waals surface area (Å²) in [4.78, 5) is 18.4. The van der Waals surface area contributed by atoms with E-state index in [0.29, 0.717) is 5.56 Å². The number of aromatic amines is 1. The second-order valence-corrected chi connectivity index (χ2v) is 4.45. The minimum atomic E-state index is -0.989. The number of rotatable bonds is 1. The van der Waals surface area contributed by atoms with Crippen molar-refractivity contribution in [3.05, 3.63) is 41.2 Å². The van der Waals surface area contributed by atoms with Crippen LogP contribution in [0.4, 0.5) is 0 Å². The van der Waals surface area contributed by atoms with Crippen molar-refractivity contribution >= 4 is 27.8 Å². The fourth-order valence-electron chi connectivity index (χ4n) is 2.49. The second-order valence-electron chi connectivity index (χ2n) is 4.45. The number of fused-ring (bicyclic) bond motifs is 3. The molecule has 0 radical (unpaired) electrons. The molecular formula is C14H12N2O2. The van der Waals surface area contributed by atoms with Crippen LogP contribution >= 0.6 is 0 Å². The van der Waals surface area contributed by atoms with Gasteiger partial charge in [0.25, 0.3) is 0 Å². The number of benzene rings is 1. The molecule has 0 unspecified atom stereocenters. The molecule has 90 valence electrons. The largest absolute Gasteiger partial charge is 0.477 e. The highest BCUT2D eigenvalue weighted by molar-refractivity contribution is 6.12. The Kier molecular flexibility index (Phi) is 2.13. The highest BCUT2D eigenvalue weighted by Gasteiger charge is 2.15. The van der Waals surface area contributed by atoms with E-state index in [1.165, 1.54) is 0 Å². The van der Waals surface area contributed by atoms with E-state index >= 15 is 0 Å². The molecule has 0 amide bonds. The van der Waals surface area contributed by atoms with Crippen molar-refractivity contribution in [2.24, 2.45) is 0 Å². The molecule has 1 aromatic carbocycles. The summed E-state index contributed by atoms with van der Waals surface area (Å²) in [5.41, 5.74) is 3.84. The molecule has 0 saturated carbocycles. The SMILES string of the molecule is Cc1cccc2[nH]c3cnc(C(=O)O)c(C)c3c12. The number of aryl methyl sites for hydroxylation is 2. The lowest BCUT2D eigenvalue weighted by molar-refractivity contribution is 0.0690. The van der Waals surface area contributed by atoms with Crippen molar-refractivity contribution in [2.75, 3.05) is 0 Å². The van der Waals surface area contributed by atoms with Gasteiger partial charge >= 0.3 is 5.97 Å². The normalized spacial score (nSPS) is 11.2. The molecule has 3 rings (SSSR count). The predicted octanol–water partition coefficient (Wildman–Crippen LogP) is 3.03. The van der Waals surface area contributed by atoms with Crippen LogP contribution < -0.4 is 0 Å². The van der Waals surface area contributed by atoms with Crippen molar-refractivity contribution in [1.29, 1.82) is 0 Å². The standard InChI is InChI=1S/C14H12N2O2/c1-7-4-3-5-9-11(7)12-8(2)13(14(17)18)15-6-10(12)16-9/h3-6,16H,1-2H3,(H,17,18). The van der Waals surface area contributed by atoms with Crippen LogP contribution in [0.15, 0.2) is 24.4 Å². The van der Waals surface area contributed by atoms with Gasteiger partial charge in [-0.2, -0.15) is 0 Å². The summed E-state index contributed by atoms with van der Waals surface area (Å²) in [6, 6.07) is 5.99. The molecule has 4 heteroatoms. The molecule has 2 N–H and O–H groups in total. The van der Waals surface area contributed by atoms with Gasteiger partial charge in [-0.3, -0.25) is 0 Å². The lowest BCUT2D eigenvalue weighted by atomic mass is 10.0. The number of carbonyl (C=O) groups is 1. The molecule has 0 saturated heterocycles. The molecule has 0 atom stereocenters. The molecule has 3 aromatic rings. The Balaban J connectivity index is 2.56. The second kappa shape index (κ2) is 3.57. The van der Waals surface area contributed by atoms with Gasteiger partial charge in [0.1, 0.15) is 0 Å². The van der Waals surface area contributed by atoms with Crippen molar-refractivity contribution < 1.29 is 9.90 Å². The van der Waals surface area contributed by atoms with Crippen LogP contribution in [-0.2, 0) is 0 Å². The van der Waals surface area contributed by atoms with Crippen LogP contribution in [0.3, 0.4) is 0 Å². The molecule has 0 spiro atoms. The summed E-state index contributed by atoms with van der Waals surface area (Å²) in [7, 11) is 0. The molecule has 18 heavy (non-hydrogen) atoms. The fourth-order valence-corrected chi connectivity index (χ4v) is 2.49. The Bertz CT molecular complexity index is 787. The average Bonchev–Trinajstić information content (AvgIpc) is 2.69. The first-order chi connectivity index (χ1) is 8.59. The summed E-state index contributed by atoms with van der Waals surface area (Å²) in [5.74, 6) is -0.989. The molecule has 0 fully saturated rings. The van der Waals surface area contributed by atoms with E-state index in [0.717, 1.165) is 27.4 Å². The Hall–Kier alpha value is -2.36. The van der Waals surface area contributed by atoms with Crippen LogP contribution in [0.1, 0.15) is 21.6 Å². The number of hydrogen-bond donors (Lipinski definition) is 2. The molecule has 2 aromatic heterocycles. The van der Waals surface area contributed by atoms with E-state index in [-0.39, 0.29) is 5.69 Å². The zero-order valence-corrected chi connectivity index (χ0v) is 10.1. The number of nitrogens with zero attached hydrogens (tertiary/aromatic N) is 1. The van der Waals surface area contributed by atoms with Gasteiger partial charge < -0.3 is 10.1 Å². The van der Waals surface area contributed by atoms with Crippen molar-refractivity contribution in [1.82, 2.24) is 9.97 Å².